The Hall–Kier alpha value is -2.51. The molecule has 1 N–H and O–H groups in total. The maximum absolute atomic E-state index is 12.8. The van der Waals surface area contributed by atoms with Crippen molar-refractivity contribution in [2.24, 2.45) is 0 Å². The number of amides is 1. The molecule has 0 bridgehead atoms. The molecule has 1 aliphatic heterocycles. The fourth-order valence-corrected chi connectivity index (χ4v) is 3.69. The van der Waals surface area contributed by atoms with E-state index in [0.29, 0.717) is 18.1 Å². The zero-order valence-corrected chi connectivity index (χ0v) is 14.4. The molecule has 1 unspecified atom stereocenters. The number of aromatic nitrogens is 2. The van der Waals surface area contributed by atoms with Gasteiger partial charge >= 0.3 is 0 Å². The number of hydrogen-bond donors (Lipinski definition) is 1. The SMILES string of the molecule is O=C(Cc1coc(-c2cccs2)n1)N1CCNCC1c1cccnc1. The molecule has 1 aliphatic rings. The zero-order chi connectivity index (χ0) is 17.1. The van der Waals surface area contributed by atoms with Crippen molar-refractivity contribution in [1.82, 2.24) is 20.2 Å². The summed E-state index contributed by atoms with van der Waals surface area (Å²) in [6.45, 7) is 2.20. The molecule has 0 aromatic carbocycles. The van der Waals surface area contributed by atoms with Gasteiger partial charge in [-0.3, -0.25) is 9.78 Å². The van der Waals surface area contributed by atoms with Crippen LogP contribution in [0.5, 0.6) is 0 Å². The van der Waals surface area contributed by atoms with Gasteiger partial charge in [0, 0.05) is 32.0 Å². The van der Waals surface area contributed by atoms with Crippen molar-refractivity contribution >= 4 is 17.2 Å². The fraction of sp³-hybridized carbons (Fsp3) is 0.278. The van der Waals surface area contributed by atoms with Gasteiger partial charge in [-0.15, -0.1) is 11.3 Å². The molecule has 1 saturated heterocycles. The quantitative estimate of drug-likeness (QED) is 0.779. The number of nitrogens with one attached hydrogen (secondary N) is 1. The number of nitrogens with zero attached hydrogens (tertiary/aromatic N) is 3. The molecule has 0 saturated carbocycles. The van der Waals surface area contributed by atoms with Gasteiger partial charge in [0.05, 0.1) is 23.0 Å². The average molecular weight is 354 g/mol. The highest BCUT2D eigenvalue weighted by atomic mass is 32.1. The van der Waals surface area contributed by atoms with Crippen LogP contribution in [0.15, 0.2) is 52.7 Å². The van der Waals surface area contributed by atoms with Gasteiger partial charge in [-0.1, -0.05) is 12.1 Å². The molecule has 128 valence electrons. The smallest absolute Gasteiger partial charge is 0.236 e. The van der Waals surface area contributed by atoms with Gasteiger partial charge in [-0.25, -0.2) is 4.98 Å². The van der Waals surface area contributed by atoms with E-state index in [0.717, 1.165) is 23.5 Å². The Bertz CT molecular complexity index is 832. The van der Waals surface area contributed by atoms with Gasteiger partial charge in [-0.2, -0.15) is 0 Å². The number of hydrogen-bond acceptors (Lipinski definition) is 6. The summed E-state index contributed by atoms with van der Waals surface area (Å²) in [6, 6.07) is 7.82. The lowest BCUT2D eigenvalue weighted by Gasteiger charge is -2.36. The van der Waals surface area contributed by atoms with Crippen LogP contribution >= 0.6 is 11.3 Å². The monoisotopic (exact) mass is 354 g/mol. The van der Waals surface area contributed by atoms with Crippen molar-refractivity contribution in [2.45, 2.75) is 12.5 Å². The first-order chi connectivity index (χ1) is 12.3. The third kappa shape index (κ3) is 3.47. The van der Waals surface area contributed by atoms with E-state index in [-0.39, 0.29) is 18.4 Å². The van der Waals surface area contributed by atoms with Gasteiger partial charge in [0.2, 0.25) is 11.8 Å². The van der Waals surface area contributed by atoms with Crippen molar-refractivity contribution in [3.05, 3.63) is 59.6 Å². The summed E-state index contributed by atoms with van der Waals surface area (Å²) < 4.78 is 5.51. The molecule has 1 amide bonds. The number of rotatable bonds is 4. The first kappa shape index (κ1) is 16.0. The van der Waals surface area contributed by atoms with Crippen LogP contribution in [0.25, 0.3) is 10.8 Å². The normalized spacial score (nSPS) is 17.6. The van der Waals surface area contributed by atoms with Crippen LogP contribution in [0.4, 0.5) is 0 Å². The van der Waals surface area contributed by atoms with Crippen LogP contribution < -0.4 is 5.32 Å². The maximum atomic E-state index is 12.8. The van der Waals surface area contributed by atoms with Crippen molar-refractivity contribution in [3.63, 3.8) is 0 Å². The van der Waals surface area contributed by atoms with Gasteiger partial charge in [-0.05, 0) is 23.1 Å². The van der Waals surface area contributed by atoms with E-state index in [9.17, 15) is 4.79 Å². The zero-order valence-electron chi connectivity index (χ0n) is 13.6. The van der Waals surface area contributed by atoms with E-state index in [2.05, 4.69) is 15.3 Å². The lowest BCUT2D eigenvalue weighted by molar-refractivity contribution is -0.133. The average Bonchev–Trinajstić information content (AvgIpc) is 3.34. The van der Waals surface area contributed by atoms with Crippen molar-refractivity contribution < 1.29 is 9.21 Å². The topological polar surface area (TPSA) is 71.3 Å². The molecule has 6 nitrogen and oxygen atoms in total. The summed E-state index contributed by atoms with van der Waals surface area (Å²) in [5.41, 5.74) is 1.71. The summed E-state index contributed by atoms with van der Waals surface area (Å²) in [4.78, 5) is 24.4. The summed E-state index contributed by atoms with van der Waals surface area (Å²) in [7, 11) is 0. The second-order valence-corrected chi connectivity index (χ2v) is 6.84. The van der Waals surface area contributed by atoms with Gasteiger partial charge in [0.15, 0.2) is 0 Å². The van der Waals surface area contributed by atoms with Crippen LogP contribution in [0, 0.1) is 0 Å². The molecule has 0 radical (unpaired) electrons. The highest BCUT2D eigenvalue weighted by molar-refractivity contribution is 7.13. The largest absolute Gasteiger partial charge is 0.444 e. The highest BCUT2D eigenvalue weighted by Gasteiger charge is 2.28. The number of oxazole rings is 1. The minimum atomic E-state index is -0.00128. The van der Waals surface area contributed by atoms with E-state index < -0.39 is 0 Å². The van der Waals surface area contributed by atoms with E-state index >= 15 is 0 Å². The van der Waals surface area contributed by atoms with Crippen molar-refractivity contribution in [1.29, 1.82) is 0 Å². The second-order valence-electron chi connectivity index (χ2n) is 5.89. The number of piperazine rings is 1. The van der Waals surface area contributed by atoms with E-state index in [1.54, 1.807) is 23.8 Å². The molecule has 0 aliphatic carbocycles. The minimum Gasteiger partial charge on any atom is -0.444 e. The summed E-state index contributed by atoms with van der Waals surface area (Å²) >= 11 is 1.57. The van der Waals surface area contributed by atoms with Crippen molar-refractivity contribution in [3.8, 4) is 10.8 Å². The number of carbonyl (C=O) groups excluding carboxylic acids is 1. The first-order valence-electron chi connectivity index (χ1n) is 8.19. The lowest BCUT2D eigenvalue weighted by Crippen LogP contribution is -2.49. The molecule has 7 heteroatoms. The Balaban J connectivity index is 1.49. The van der Waals surface area contributed by atoms with Gasteiger partial charge in [0.25, 0.3) is 0 Å². The Labute approximate surface area is 149 Å². The Kier molecular flexibility index (Phi) is 4.58. The molecule has 1 atom stereocenters. The number of pyridine rings is 1. The van der Waals surface area contributed by atoms with Crippen LogP contribution in [0.3, 0.4) is 0 Å². The molecular weight excluding hydrogens is 336 g/mol. The van der Waals surface area contributed by atoms with E-state index in [1.165, 1.54) is 0 Å². The van der Waals surface area contributed by atoms with Gasteiger partial charge < -0.3 is 14.6 Å². The molecule has 0 spiro atoms. The van der Waals surface area contributed by atoms with Crippen LogP contribution in [-0.4, -0.2) is 40.4 Å². The molecule has 1 fully saturated rings. The number of thiophene rings is 1. The summed E-state index contributed by atoms with van der Waals surface area (Å²) in [5, 5.41) is 5.33. The lowest BCUT2D eigenvalue weighted by atomic mass is 10.0. The maximum Gasteiger partial charge on any atom is 0.236 e. The molecule has 25 heavy (non-hydrogen) atoms. The fourth-order valence-electron chi connectivity index (χ4n) is 3.03. The van der Waals surface area contributed by atoms with E-state index in [1.807, 2.05) is 40.7 Å². The highest BCUT2D eigenvalue weighted by Crippen LogP contribution is 2.25. The Morgan fingerprint density at radius 2 is 2.36 bits per heavy atom. The third-order valence-electron chi connectivity index (χ3n) is 4.25. The molecule has 4 rings (SSSR count). The van der Waals surface area contributed by atoms with Crippen molar-refractivity contribution in [2.75, 3.05) is 19.6 Å². The Morgan fingerprint density at radius 1 is 1.40 bits per heavy atom. The summed E-state index contributed by atoms with van der Waals surface area (Å²) in [6.07, 6.45) is 5.39. The minimum absolute atomic E-state index is 0.00128. The molecule has 3 aromatic heterocycles. The standard InChI is InChI=1S/C18H18N4O2S/c23-17(9-14-12-24-18(21-14)16-4-2-8-25-16)22-7-6-20-11-15(22)13-3-1-5-19-10-13/h1-5,8,10,12,15,20H,6-7,9,11H2. The molecule has 3 aromatic rings. The second kappa shape index (κ2) is 7.16. The first-order valence-corrected chi connectivity index (χ1v) is 9.07. The van der Waals surface area contributed by atoms with E-state index in [4.69, 9.17) is 4.42 Å². The Morgan fingerprint density at radius 3 is 3.16 bits per heavy atom. The molecular formula is C18H18N4O2S. The number of carbonyl (C=O) groups is 1. The summed E-state index contributed by atoms with van der Waals surface area (Å²) in [5.74, 6) is 0.628. The molecule has 4 heterocycles. The predicted molar refractivity (Wildman–Crippen MR) is 95.1 cm³/mol. The third-order valence-corrected chi connectivity index (χ3v) is 5.11. The predicted octanol–water partition coefficient (Wildman–Crippen LogP) is 2.51. The van der Waals surface area contributed by atoms with Crippen LogP contribution in [0.1, 0.15) is 17.3 Å². The van der Waals surface area contributed by atoms with Gasteiger partial charge in [0.1, 0.15) is 6.26 Å². The van der Waals surface area contributed by atoms with Crippen LogP contribution in [0.2, 0.25) is 0 Å². The van der Waals surface area contributed by atoms with Crippen LogP contribution in [-0.2, 0) is 11.2 Å².